The average molecular weight is 383 g/mol. The fraction of sp³-hybridized carbons (Fsp3) is 0.462. The predicted molar refractivity (Wildman–Crippen MR) is 79.8 cm³/mol. The third kappa shape index (κ3) is 4.62. The van der Waals surface area contributed by atoms with Gasteiger partial charge in [0.25, 0.3) is 5.91 Å². The third-order valence-corrected chi connectivity index (χ3v) is 4.21. The number of amides is 1. The van der Waals surface area contributed by atoms with Crippen molar-refractivity contribution in [2.24, 2.45) is 0 Å². The van der Waals surface area contributed by atoms with Gasteiger partial charge in [-0.15, -0.1) is 12.6 Å². The number of halogens is 4. The molecule has 21 heavy (non-hydrogen) atoms. The van der Waals surface area contributed by atoms with Gasteiger partial charge in [-0.25, -0.2) is 0 Å². The van der Waals surface area contributed by atoms with Crippen molar-refractivity contribution < 1.29 is 18.0 Å². The molecule has 0 atom stereocenters. The summed E-state index contributed by atoms with van der Waals surface area (Å²) in [6.07, 6.45) is -4.20. The van der Waals surface area contributed by atoms with Gasteiger partial charge in [-0.3, -0.25) is 9.69 Å². The Kier molecular flexibility index (Phi) is 5.21. The van der Waals surface area contributed by atoms with Gasteiger partial charge in [-0.1, -0.05) is 0 Å². The molecule has 0 bridgehead atoms. The molecule has 116 valence electrons. The smallest absolute Gasteiger partial charge is 0.336 e. The van der Waals surface area contributed by atoms with E-state index in [1.165, 1.54) is 4.90 Å². The number of carbonyl (C=O) groups excluding carboxylic acids is 1. The highest BCUT2D eigenvalue weighted by Crippen LogP contribution is 2.23. The first-order valence-corrected chi connectivity index (χ1v) is 7.57. The molecule has 0 spiro atoms. The van der Waals surface area contributed by atoms with Crippen LogP contribution in [0.1, 0.15) is 10.4 Å². The molecular weight excluding hydrogens is 369 g/mol. The first-order valence-electron chi connectivity index (χ1n) is 6.33. The first kappa shape index (κ1) is 16.6. The lowest BCUT2D eigenvalue weighted by atomic mass is 10.2. The van der Waals surface area contributed by atoms with Crippen LogP contribution in [0.4, 0.5) is 13.2 Å². The number of hydrogen-bond acceptors (Lipinski definition) is 3. The molecular formula is C13H14BrF3N2OS. The van der Waals surface area contributed by atoms with Crippen LogP contribution < -0.4 is 0 Å². The fourth-order valence-electron chi connectivity index (χ4n) is 2.21. The molecule has 1 amide bonds. The Morgan fingerprint density at radius 1 is 1.24 bits per heavy atom. The van der Waals surface area contributed by atoms with Crippen LogP contribution in [0.15, 0.2) is 27.6 Å². The normalized spacial score (nSPS) is 17.1. The van der Waals surface area contributed by atoms with Crippen LogP contribution in [-0.2, 0) is 0 Å². The number of nitrogens with zero attached hydrogens (tertiary/aromatic N) is 2. The van der Waals surface area contributed by atoms with E-state index in [1.807, 2.05) is 0 Å². The molecule has 0 unspecified atom stereocenters. The number of alkyl halides is 3. The maximum absolute atomic E-state index is 12.4. The van der Waals surface area contributed by atoms with Crippen molar-refractivity contribution in [3.8, 4) is 0 Å². The molecule has 0 N–H and O–H groups in total. The molecule has 0 aromatic heterocycles. The summed E-state index contributed by atoms with van der Waals surface area (Å²) in [5, 5.41) is 0. The van der Waals surface area contributed by atoms with Gasteiger partial charge in [0, 0.05) is 35.5 Å². The van der Waals surface area contributed by atoms with E-state index in [-0.39, 0.29) is 32.1 Å². The molecule has 0 saturated carbocycles. The van der Waals surface area contributed by atoms with Gasteiger partial charge in [0.1, 0.15) is 0 Å². The molecule has 1 fully saturated rings. The van der Waals surface area contributed by atoms with Crippen LogP contribution in [0, 0.1) is 0 Å². The number of carbonyl (C=O) groups is 1. The fourth-order valence-corrected chi connectivity index (χ4v) is 2.83. The number of hydrogen-bond donors (Lipinski definition) is 1. The summed E-state index contributed by atoms with van der Waals surface area (Å²) in [5.41, 5.74) is 0.478. The van der Waals surface area contributed by atoms with Gasteiger partial charge in [-0.2, -0.15) is 13.2 Å². The Hall–Kier alpha value is -0.730. The highest BCUT2D eigenvalue weighted by molar-refractivity contribution is 9.10. The van der Waals surface area contributed by atoms with E-state index in [1.54, 1.807) is 23.1 Å². The largest absolute Gasteiger partial charge is 0.401 e. The zero-order valence-electron chi connectivity index (χ0n) is 11.0. The molecule has 1 heterocycles. The molecule has 1 aliphatic heterocycles. The van der Waals surface area contributed by atoms with Gasteiger partial charge in [0.2, 0.25) is 0 Å². The van der Waals surface area contributed by atoms with Crippen LogP contribution in [0.2, 0.25) is 0 Å². The number of thiol groups is 1. The van der Waals surface area contributed by atoms with Crippen LogP contribution >= 0.6 is 28.6 Å². The zero-order chi connectivity index (χ0) is 15.6. The lowest BCUT2D eigenvalue weighted by molar-refractivity contribution is -0.148. The van der Waals surface area contributed by atoms with Crippen LogP contribution in [-0.4, -0.2) is 54.6 Å². The zero-order valence-corrected chi connectivity index (χ0v) is 13.5. The van der Waals surface area contributed by atoms with Crippen molar-refractivity contribution in [2.75, 3.05) is 32.7 Å². The van der Waals surface area contributed by atoms with E-state index < -0.39 is 12.7 Å². The van der Waals surface area contributed by atoms with Crippen molar-refractivity contribution >= 4 is 34.5 Å². The Balaban J connectivity index is 1.99. The second-order valence-corrected chi connectivity index (χ2v) is 6.22. The third-order valence-electron chi connectivity index (χ3n) is 3.24. The van der Waals surface area contributed by atoms with Crippen LogP contribution in [0.25, 0.3) is 0 Å². The van der Waals surface area contributed by atoms with Gasteiger partial charge < -0.3 is 4.90 Å². The average Bonchev–Trinajstić information content (AvgIpc) is 2.40. The maximum atomic E-state index is 12.4. The minimum atomic E-state index is -4.20. The molecule has 1 saturated heterocycles. The highest BCUT2D eigenvalue weighted by atomic mass is 79.9. The van der Waals surface area contributed by atoms with Crippen molar-refractivity contribution in [1.82, 2.24) is 9.80 Å². The van der Waals surface area contributed by atoms with Gasteiger partial charge in [-0.05, 0) is 34.1 Å². The summed E-state index contributed by atoms with van der Waals surface area (Å²) in [6.45, 7) is 0.105. The van der Waals surface area contributed by atoms with Crippen LogP contribution in [0.3, 0.4) is 0 Å². The Bertz CT molecular complexity index is 531. The van der Waals surface area contributed by atoms with E-state index in [4.69, 9.17) is 0 Å². The van der Waals surface area contributed by atoms with E-state index in [0.717, 1.165) is 0 Å². The summed E-state index contributed by atoms with van der Waals surface area (Å²) < 4.78 is 37.6. The predicted octanol–water partition coefficient (Wildman–Crippen LogP) is 3.06. The van der Waals surface area contributed by atoms with E-state index in [9.17, 15) is 18.0 Å². The number of benzene rings is 1. The minimum absolute atomic E-state index is 0.190. The molecule has 1 aliphatic rings. The quantitative estimate of drug-likeness (QED) is 0.794. The highest BCUT2D eigenvalue weighted by Gasteiger charge is 2.33. The standard InChI is InChI=1S/C13H14BrF3N2OS/c14-11-2-1-9(21)7-10(11)12(20)19-5-3-18(4-6-19)8-13(15,16)17/h1-2,7,21H,3-6,8H2. The summed E-state index contributed by atoms with van der Waals surface area (Å²) >= 11 is 7.50. The number of rotatable bonds is 2. The lowest BCUT2D eigenvalue weighted by Crippen LogP contribution is -2.51. The molecule has 1 aromatic carbocycles. The van der Waals surface area contributed by atoms with E-state index in [2.05, 4.69) is 28.6 Å². The summed E-state index contributed by atoms with van der Waals surface area (Å²) in [7, 11) is 0. The van der Waals surface area contributed by atoms with E-state index >= 15 is 0 Å². The monoisotopic (exact) mass is 382 g/mol. The van der Waals surface area contributed by atoms with Gasteiger partial charge in [0.05, 0.1) is 12.1 Å². The SMILES string of the molecule is O=C(c1cc(S)ccc1Br)N1CCN(CC(F)(F)F)CC1. The minimum Gasteiger partial charge on any atom is -0.336 e. The topological polar surface area (TPSA) is 23.6 Å². The molecule has 8 heteroatoms. The Labute approximate surface area is 134 Å². The number of piperazine rings is 1. The van der Waals surface area contributed by atoms with Crippen molar-refractivity contribution in [1.29, 1.82) is 0 Å². The molecule has 0 radical (unpaired) electrons. The first-order chi connectivity index (χ1) is 9.76. The van der Waals surface area contributed by atoms with Crippen LogP contribution in [0.5, 0.6) is 0 Å². The maximum Gasteiger partial charge on any atom is 0.401 e. The van der Waals surface area contributed by atoms with Crippen molar-refractivity contribution in [3.63, 3.8) is 0 Å². The molecule has 1 aromatic rings. The molecule has 2 rings (SSSR count). The summed E-state index contributed by atoms with van der Waals surface area (Å²) in [5.74, 6) is -0.190. The lowest BCUT2D eigenvalue weighted by Gasteiger charge is -2.35. The van der Waals surface area contributed by atoms with Gasteiger partial charge in [0.15, 0.2) is 0 Å². The van der Waals surface area contributed by atoms with Crippen molar-refractivity contribution in [2.45, 2.75) is 11.1 Å². The second-order valence-electron chi connectivity index (χ2n) is 4.85. The van der Waals surface area contributed by atoms with E-state index in [0.29, 0.717) is 14.9 Å². The van der Waals surface area contributed by atoms with Crippen molar-refractivity contribution in [3.05, 3.63) is 28.2 Å². The molecule has 3 nitrogen and oxygen atoms in total. The Morgan fingerprint density at radius 2 is 1.86 bits per heavy atom. The van der Waals surface area contributed by atoms with Gasteiger partial charge >= 0.3 is 6.18 Å². The summed E-state index contributed by atoms with van der Waals surface area (Å²) in [4.78, 5) is 15.9. The summed E-state index contributed by atoms with van der Waals surface area (Å²) in [6, 6.07) is 5.14. The molecule has 0 aliphatic carbocycles. The second kappa shape index (κ2) is 6.58. The Morgan fingerprint density at radius 3 is 2.43 bits per heavy atom.